The van der Waals surface area contributed by atoms with Crippen LogP contribution < -0.4 is 11.2 Å². The summed E-state index contributed by atoms with van der Waals surface area (Å²) >= 11 is 1.49. The SMILES string of the molecule is CC1(C)Cc2c(sc3[nH]c(=O)n(C4CCCCC4)c(=O)c23)CO1. The van der Waals surface area contributed by atoms with Crippen LogP contribution in [0.1, 0.15) is 62.4 Å². The van der Waals surface area contributed by atoms with E-state index < -0.39 is 0 Å². The molecule has 4 rings (SSSR count). The van der Waals surface area contributed by atoms with Crippen molar-refractivity contribution in [3.63, 3.8) is 0 Å². The standard InChI is InChI=1S/C17H22N2O3S/c1-17(2)8-11-12(9-22-17)23-14-13(11)15(20)19(16(21)18-14)10-6-4-3-5-7-10/h10H,3-9H2,1-2H3,(H,18,21). The van der Waals surface area contributed by atoms with E-state index in [-0.39, 0.29) is 22.9 Å². The summed E-state index contributed by atoms with van der Waals surface area (Å²) < 4.78 is 7.33. The van der Waals surface area contributed by atoms with Crippen molar-refractivity contribution in [3.05, 3.63) is 31.3 Å². The largest absolute Gasteiger partial charge is 0.370 e. The molecular formula is C17H22N2O3S. The third-order valence-electron chi connectivity index (χ3n) is 5.10. The molecule has 0 bridgehead atoms. The van der Waals surface area contributed by atoms with Gasteiger partial charge in [0.15, 0.2) is 0 Å². The molecule has 0 atom stereocenters. The Morgan fingerprint density at radius 1 is 1.22 bits per heavy atom. The Morgan fingerprint density at radius 2 is 1.96 bits per heavy atom. The van der Waals surface area contributed by atoms with Crippen molar-refractivity contribution in [2.45, 2.75) is 70.6 Å². The van der Waals surface area contributed by atoms with Crippen molar-refractivity contribution in [3.8, 4) is 0 Å². The van der Waals surface area contributed by atoms with Gasteiger partial charge < -0.3 is 4.74 Å². The van der Waals surface area contributed by atoms with Gasteiger partial charge in [0.05, 0.1) is 17.6 Å². The lowest BCUT2D eigenvalue weighted by Crippen LogP contribution is -2.39. The molecule has 1 aliphatic heterocycles. The number of fused-ring (bicyclic) bond motifs is 3. The van der Waals surface area contributed by atoms with Crippen LogP contribution in [-0.2, 0) is 17.8 Å². The fourth-order valence-electron chi connectivity index (χ4n) is 3.91. The molecule has 23 heavy (non-hydrogen) atoms. The highest BCUT2D eigenvalue weighted by molar-refractivity contribution is 7.18. The second-order valence-electron chi connectivity index (χ2n) is 7.33. The van der Waals surface area contributed by atoms with Gasteiger partial charge in [0, 0.05) is 17.3 Å². The van der Waals surface area contributed by atoms with Crippen LogP contribution >= 0.6 is 11.3 Å². The molecule has 2 aliphatic rings. The van der Waals surface area contributed by atoms with Crippen LogP contribution in [0, 0.1) is 0 Å². The topological polar surface area (TPSA) is 64.1 Å². The Kier molecular flexibility index (Phi) is 3.50. The number of aromatic amines is 1. The first-order valence-corrected chi connectivity index (χ1v) is 9.21. The maximum absolute atomic E-state index is 13.1. The van der Waals surface area contributed by atoms with Crippen LogP contribution in [-0.4, -0.2) is 15.2 Å². The Labute approximate surface area is 138 Å². The zero-order valence-electron chi connectivity index (χ0n) is 13.6. The van der Waals surface area contributed by atoms with E-state index in [9.17, 15) is 9.59 Å². The zero-order chi connectivity index (χ0) is 16.2. The molecule has 1 aliphatic carbocycles. The number of thiophene rings is 1. The van der Waals surface area contributed by atoms with E-state index in [1.807, 2.05) is 13.8 Å². The summed E-state index contributed by atoms with van der Waals surface area (Å²) in [7, 11) is 0. The van der Waals surface area contributed by atoms with Crippen molar-refractivity contribution in [1.29, 1.82) is 0 Å². The molecule has 1 fully saturated rings. The third kappa shape index (κ3) is 2.48. The second-order valence-corrected chi connectivity index (χ2v) is 8.44. The molecule has 1 saturated carbocycles. The van der Waals surface area contributed by atoms with Gasteiger partial charge in [-0.3, -0.25) is 14.3 Å². The normalized spacial score (nSPS) is 21.5. The summed E-state index contributed by atoms with van der Waals surface area (Å²) in [4.78, 5) is 30.3. The van der Waals surface area contributed by atoms with Gasteiger partial charge in [0.1, 0.15) is 4.83 Å². The van der Waals surface area contributed by atoms with Crippen molar-refractivity contribution in [2.75, 3.05) is 0 Å². The van der Waals surface area contributed by atoms with E-state index in [0.717, 1.165) is 36.1 Å². The summed E-state index contributed by atoms with van der Waals surface area (Å²) in [6.45, 7) is 4.61. The van der Waals surface area contributed by atoms with Crippen LogP contribution in [0.3, 0.4) is 0 Å². The molecule has 3 heterocycles. The Hall–Kier alpha value is -1.40. The van der Waals surface area contributed by atoms with Crippen molar-refractivity contribution in [2.24, 2.45) is 0 Å². The molecule has 6 heteroatoms. The van der Waals surface area contributed by atoms with Gasteiger partial charge in [-0.15, -0.1) is 11.3 Å². The highest BCUT2D eigenvalue weighted by atomic mass is 32.1. The van der Waals surface area contributed by atoms with Gasteiger partial charge in [0.25, 0.3) is 5.56 Å². The smallest absolute Gasteiger partial charge is 0.329 e. The molecule has 124 valence electrons. The minimum Gasteiger partial charge on any atom is -0.370 e. The number of nitrogens with zero attached hydrogens (tertiary/aromatic N) is 1. The molecule has 0 amide bonds. The van der Waals surface area contributed by atoms with Crippen LogP contribution in [0.25, 0.3) is 10.2 Å². The summed E-state index contributed by atoms with van der Waals surface area (Å²) in [5.41, 5.74) is 0.449. The van der Waals surface area contributed by atoms with Crippen molar-refractivity contribution in [1.82, 2.24) is 9.55 Å². The summed E-state index contributed by atoms with van der Waals surface area (Å²) in [6.07, 6.45) is 5.96. The summed E-state index contributed by atoms with van der Waals surface area (Å²) in [5, 5.41) is 0.714. The van der Waals surface area contributed by atoms with Crippen molar-refractivity contribution < 1.29 is 4.74 Å². The van der Waals surface area contributed by atoms with Gasteiger partial charge in [-0.1, -0.05) is 19.3 Å². The van der Waals surface area contributed by atoms with Gasteiger partial charge in [-0.2, -0.15) is 0 Å². The zero-order valence-corrected chi connectivity index (χ0v) is 14.4. The lowest BCUT2D eigenvalue weighted by Gasteiger charge is -2.30. The van der Waals surface area contributed by atoms with Gasteiger partial charge in [0.2, 0.25) is 0 Å². The minimum absolute atomic E-state index is 0.0489. The van der Waals surface area contributed by atoms with E-state index in [2.05, 4.69) is 4.98 Å². The molecule has 2 aromatic heterocycles. The van der Waals surface area contributed by atoms with Crippen LogP contribution in [0.15, 0.2) is 9.59 Å². The van der Waals surface area contributed by atoms with Gasteiger partial charge in [-0.05, 0) is 32.3 Å². The lowest BCUT2D eigenvalue weighted by molar-refractivity contribution is -0.0379. The average molecular weight is 334 g/mol. The molecule has 1 N–H and O–H groups in total. The lowest BCUT2D eigenvalue weighted by atomic mass is 9.93. The van der Waals surface area contributed by atoms with Crippen LogP contribution in [0.5, 0.6) is 0 Å². The first kappa shape index (κ1) is 15.1. The molecule has 5 nitrogen and oxygen atoms in total. The number of nitrogens with one attached hydrogen (secondary N) is 1. The predicted molar refractivity (Wildman–Crippen MR) is 91.4 cm³/mol. The second kappa shape index (κ2) is 5.31. The van der Waals surface area contributed by atoms with Gasteiger partial charge in [-0.25, -0.2) is 4.79 Å². The fraction of sp³-hybridized carbons (Fsp3) is 0.647. The number of H-pyrrole nitrogens is 1. The van der Waals surface area contributed by atoms with Crippen LogP contribution in [0.2, 0.25) is 0 Å². The van der Waals surface area contributed by atoms with E-state index in [4.69, 9.17) is 4.74 Å². The first-order valence-electron chi connectivity index (χ1n) is 8.39. The molecule has 0 saturated heterocycles. The Bertz CT molecular complexity index is 868. The third-order valence-corrected chi connectivity index (χ3v) is 6.22. The van der Waals surface area contributed by atoms with E-state index in [0.29, 0.717) is 23.2 Å². The summed E-state index contributed by atoms with van der Waals surface area (Å²) in [5.74, 6) is 0. The fourth-order valence-corrected chi connectivity index (χ4v) is 5.02. The highest BCUT2D eigenvalue weighted by Gasteiger charge is 2.31. The van der Waals surface area contributed by atoms with Gasteiger partial charge >= 0.3 is 5.69 Å². The van der Waals surface area contributed by atoms with Crippen LogP contribution in [0.4, 0.5) is 0 Å². The molecule has 0 aromatic carbocycles. The minimum atomic E-state index is -0.265. The van der Waals surface area contributed by atoms with Crippen molar-refractivity contribution >= 4 is 21.6 Å². The maximum Gasteiger partial charge on any atom is 0.329 e. The monoisotopic (exact) mass is 334 g/mol. The number of hydrogen-bond acceptors (Lipinski definition) is 4. The maximum atomic E-state index is 13.1. The molecule has 0 unspecified atom stereocenters. The first-order chi connectivity index (χ1) is 11.0. The highest BCUT2D eigenvalue weighted by Crippen LogP contribution is 2.36. The molecule has 0 radical (unpaired) electrons. The Balaban J connectivity index is 1.93. The van der Waals surface area contributed by atoms with E-state index in [1.165, 1.54) is 22.3 Å². The quantitative estimate of drug-likeness (QED) is 0.871. The Morgan fingerprint density at radius 3 is 2.70 bits per heavy atom. The molecule has 2 aromatic rings. The number of rotatable bonds is 1. The van der Waals surface area contributed by atoms with E-state index in [1.54, 1.807) is 0 Å². The number of hydrogen-bond donors (Lipinski definition) is 1. The molecule has 0 spiro atoms. The molecular weight excluding hydrogens is 312 g/mol. The average Bonchev–Trinajstić information content (AvgIpc) is 2.84. The summed E-state index contributed by atoms with van der Waals surface area (Å²) in [6, 6.07) is 0.0489. The van der Waals surface area contributed by atoms with E-state index >= 15 is 0 Å². The number of ether oxygens (including phenoxy) is 1. The number of aromatic nitrogens is 2. The predicted octanol–water partition coefficient (Wildman–Crippen LogP) is 3.11.